The summed E-state index contributed by atoms with van der Waals surface area (Å²) in [5.41, 5.74) is 1.57. The Morgan fingerprint density at radius 3 is 2.77 bits per heavy atom. The predicted octanol–water partition coefficient (Wildman–Crippen LogP) is 4.39. The van der Waals surface area contributed by atoms with E-state index in [2.05, 4.69) is 5.32 Å². The molecule has 0 bridgehead atoms. The molecule has 1 saturated carbocycles. The minimum absolute atomic E-state index is 0.209. The number of amides is 1. The number of hydrogen-bond donors (Lipinski definition) is 1. The van der Waals surface area contributed by atoms with Gasteiger partial charge in [0.1, 0.15) is 5.75 Å². The van der Waals surface area contributed by atoms with Crippen LogP contribution >= 0.6 is 0 Å². The van der Waals surface area contributed by atoms with E-state index in [1.54, 1.807) is 24.3 Å². The first-order valence-corrected chi connectivity index (χ1v) is 8.92. The largest absolute Gasteiger partial charge is 0.490 e. The third-order valence-corrected chi connectivity index (χ3v) is 4.57. The van der Waals surface area contributed by atoms with Crippen LogP contribution in [-0.4, -0.2) is 18.8 Å². The van der Waals surface area contributed by atoms with Gasteiger partial charge in [-0.25, -0.2) is 0 Å². The van der Waals surface area contributed by atoms with Crippen LogP contribution < -0.4 is 19.5 Å². The fraction of sp³-hybridized carbons (Fsp3) is 0.286. The Hall–Kier alpha value is -2.95. The van der Waals surface area contributed by atoms with Gasteiger partial charge in [0, 0.05) is 23.4 Å². The van der Waals surface area contributed by atoms with Gasteiger partial charge in [0.25, 0.3) is 0 Å². The molecule has 5 heteroatoms. The molecule has 1 fully saturated rings. The van der Waals surface area contributed by atoms with Crippen molar-refractivity contribution < 1.29 is 19.0 Å². The molecule has 5 nitrogen and oxygen atoms in total. The van der Waals surface area contributed by atoms with Crippen LogP contribution in [0.3, 0.4) is 0 Å². The van der Waals surface area contributed by atoms with E-state index in [1.165, 1.54) is 18.9 Å². The van der Waals surface area contributed by atoms with Crippen LogP contribution in [0.25, 0.3) is 6.08 Å². The monoisotopic (exact) mass is 351 g/mol. The quantitative estimate of drug-likeness (QED) is 0.812. The standard InChI is InChI=1S/C21H21NO4/c23-21(22-16-10-11-19-20(13-16)25-14-24-19)12-9-15-5-1-4-8-18(15)26-17-6-2-3-7-17/h1,4-5,8-13,17H,2-3,6-7,14H2,(H,22,23)/b12-9+. The predicted molar refractivity (Wildman–Crippen MR) is 99.6 cm³/mol. The molecule has 2 aliphatic rings. The molecular formula is C21H21NO4. The van der Waals surface area contributed by atoms with Crippen molar-refractivity contribution in [2.45, 2.75) is 31.8 Å². The first-order valence-electron chi connectivity index (χ1n) is 8.92. The maximum atomic E-state index is 12.2. The van der Waals surface area contributed by atoms with Crippen molar-refractivity contribution in [3.05, 3.63) is 54.1 Å². The summed E-state index contributed by atoms with van der Waals surface area (Å²) in [5, 5.41) is 2.83. The topological polar surface area (TPSA) is 56.8 Å². The number of benzene rings is 2. The fourth-order valence-electron chi connectivity index (χ4n) is 3.23. The molecule has 1 aliphatic heterocycles. The number of fused-ring (bicyclic) bond motifs is 1. The lowest BCUT2D eigenvalue weighted by Crippen LogP contribution is -2.11. The van der Waals surface area contributed by atoms with Gasteiger partial charge >= 0.3 is 0 Å². The normalized spacial score (nSPS) is 16.2. The van der Waals surface area contributed by atoms with E-state index in [-0.39, 0.29) is 18.8 Å². The highest BCUT2D eigenvalue weighted by atomic mass is 16.7. The van der Waals surface area contributed by atoms with Crippen molar-refractivity contribution in [1.29, 1.82) is 0 Å². The van der Waals surface area contributed by atoms with E-state index in [0.29, 0.717) is 17.2 Å². The average molecular weight is 351 g/mol. The summed E-state index contributed by atoms with van der Waals surface area (Å²) in [4.78, 5) is 12.2. The minimum Gasteiger partial charge on any atom is -0.490 e. The van der Waals surface area contributed by atoms with Gasteiger partial charge in [-0.15, -0.1) is 0 Å². The summed E-state index contributed by atoms with van der Waals surface area (Å²) >= 11 is 0. The number of carbonyl (C=O) groups is 1. The lowest BCUT2D eigenvalue weighted by Gasteiger charge is -2.15. The minimum atomic E-state index is -0.209. The van der Waals surface area contributed by atoms with Gasteiger partial charge in [0.15, 0.2) is 11.5 Å². The van der Waals surface area contributed by atoms with E-state index < -0.39 is 0 Å². The highest BCUT2D eigenvalue weighted by Crippen LogP contribution is 2.34. The number of anilines is 1. The molecule has 26 heavy (non-hydrogen) atoms. The molecule has 4 rings (SSSR count). The molecular weight excluding hydrogens is 330 g/mol. The SMILES string of the molecule is O=C(/C=C/c1ccccc1OC1CCCC1)Nc1ccc2c(c1)OCO2. The molecule has 1 heterocycles. The first kappa shape index (κ1) is 16.5. The summed E-state index contributed by atoms with van der Waals surface area (Å²) in [5.74, 6) is 1.95. The van der Waals surface area contributed by atoms with Crippen LogP contribution in [0, 0.1) is 0 Å². The van der Waals surface area contributed by atoms with Gasteiger partial charge in [-0.1, -0.05) is 18.2 Å². The lowest BCUT2D eigenvalue weighted by molar-refractivity contribution is -0.111. The Morgan fingerprint density at radius 2 is 1.88 bits per heavy atom. The number of para-hydroxylation sites is 1. The lowest BCUT2D eigenvalue weighted by atomic mass is 10.1. The molecule has 0 radical (unpaired) electrons. The van der Waals surface area contributed by atoms with Crippen molar-refractivity contribution in [2.24, 2.45) is 0 Å². The van der Waals surface area contributed by atoms with Crippen molar-refractivity contribution in [3.8, 4) is 17.2 Å². The third-order valence-electron chi connectivity index (χ3n) is 4.57. The Labute approximate surface area is 152 Å². The first-order chi connectivity index (χ1) is 12.8. The Balaban J connectivity index is 1.41. The number of carbonyl (C=O) groups excluding carboxylic acids is 1. The summed E-state index contributed by atoms with van der Waals surface area (Å²) in [6.45, 7) is 0.213. The smallest absolute Gasteiger partial charge is 0.248 e. The number of nitrogens with one attached hydrogen (secondary N) is 1. The van der Waals surface area contributed by atoms with Crippen molar-refractivity contribution >= 4 is 17.7 Å². The Kier molecular flexibility index (Phi) is 4.78. The van der Waals surface area contributed by atoms with Gasteiger partial charge in [0.2, 0.25) is 12.7 Å². The molecule has 1 amide bonds. The van der Waals surface area contributed by atoms with E-state index in [1.807, 2.05) is 24.3 Å². The van der Waals surface area contributed by atoms with Crippen LogP contribution in [-0.2, 0) is 4.79 Å². The second-order valence-electron chi connectivity index (χ2n) is 6.45. The molecule has 134 valence electrons. The van der Waals surface area contributed by atoms with Gasteiger partial charge in [-0.3, -0.25) is 4.79 Å². The average Bonchev–Trinajstić information content (AvgIpc) is 3.32. The molecule has 0 saturated heterocycles. The van der Waals surface area contributed by atoms with Crippen LogP contribution in [0.5, 0.6) is 17.2 Å². The summed E-state index contributed by atoms with van der Waals surface area (Å²) < 4.78 is 16.7. The third kappa shape index (κ3) is 3.82. The summed E-state index contributed by atoms with van der Waals surface area (Å²) in [6, 6.07) is 13.1. The molecule has 0 atom stereocenters. The molecule has 1 aliphatic carbocycles. The van der Waals surface area contributed by atoms with Gasteiger partial charge in [0.05, 0.1) is 6.10 Å². The zero-order valence-corrected chi connectivity index (χ0v) is 14.4. The van der Waals surface area contributed by atoms with Crippen LogP contribution in [0.15, 0.2) is 48.5 Å². The van der Waals surface area contributed by atoms with Crippen molar-refractivity contribution in [1.82, 2.24) is 0 Å². The molecule has 1 N–H and O–H groups in total. The highest BCUT2D eigenvalue weighted by Gasteiger charge is 2.17. The molecule has 2 aromatic rings. The molecule has 0 spiro atoms. The fourth-order valence-corrected chi connectivity index (χ4v) is 3.23. The van der Waals surface area contributed by atoms with E-state index in [9.17, 15) is 4.79 Å². The maximum absolute atomic E-state index is 12.2. The summed E-state index contributed by atoms with van der Waals surface area (Å²) in [6.07, 6.45) is 8.23. The Morgan fingerprint density at radius 1 is 1.08 bits per heavy atom. The number of ether oxygens (including phenoxy) is 3. The second kappa shape index (κ2) is 7.52. The molecule has 0 aromatic heterocycles. The Bertz CT molecular complexity index is 825. The highest BCUT2D eigenvalue weighted by molar-refractivity contribution is 6.02. The van der Waals surface area contributed by atoms with Crippen molar-refractivity contribution in [2.75, 3.05) is 12.1 Å². The molecule has 0 unspecified atom stereocenters. The second-order valence-corrected chi connectivity index (χ2v) is 6.45. The van der Waals surface area contributed by atoms with Gasteiger partial charge in [-0.05, 0) is 50.0 Å². The summed E-state index contributed by atoms with van der Waals surface area (Å²) in [7, 11) is 0. The number of rotatable bonds is 5. The van der Waals surface area contributed by atoms with E-state index in [4.69, 9.17) is 14.2 Å². The van der Waals surface area contributed by atoms with Crippen LogP contribution in [0.4, 0.5) is 5.69 Å². The van der Waals surface area contributed by atoms with E-state index >= 15 is 0 Å². The van der Waals surface area contributed by atoms with Crippen molar-refractivity contribution in [3.63, 3.8) is 0 Å². The molecule has 2 aromatic carbocycles. The van der Waals surface area contributed by atoms with Gasteiger partial charge < -0.3 is 19.5 Å². The maximum Gasteiger partial charge on any atom is 0.248 e. The number of hydrogen-bond acceptors (Lipinski definition) is 4. The van der Waals surface area contributed by atoms with Crippen LogP contribution in [0.2, 0.25) is 0 Å². The van der Waals surface area contributed by atoms with Gasteiger partial charge in [-0.2, -0.15) is 0 Å². The van der Waals surface area contributed by atoms with E-state index in [0.717, 1.165) is 24.2 Å². The van der Waals surface area contributed by atoms with Crippen LogP contribution in [0.1, 0.15) is 31.2 Å². The zero-order chi connectivity index (χ0) is 17.8. The zero-order valence-electron chi connectivity index (χ0n) is 14.4.